The molecule has 0 radical (unpaired) electrons. The van der Waals surface area contributed by atoms with E-state index in [1.807, 2.05) is 68.5 Å². The first kappa shape index (κ1) is 27.2. The summed E-state index contributed by atoms with van der Waals surface area (Å²) in [6, 6.07) is 18.7. The fourth-order valence-corrected chi connectivity index (χ4v) is 4.44. The number of carboxylic acids is 1. The molecular weight excluding hydrogens is 482 g/mol. The lowest BCUT2D eigenvalue weighted by molar-refractivity contribution is 0.0697. The van der Waals surface area contributed by atoms with Crippen LogP contribution in [0.5, 0.6) is 17.2 Å². The van der Waals surface area contributed by atoms with Crippen molar-refractivity contribution in [2.45, 2.75) is 38.9 Å². The van der Waals surface area contributed by atoms with Crippen LogP contribution in [0.25, 0.3) is 17.2 Å². The van der Waals surface area contributed by atoms with Crippen molar-refractivity contribution < 1.29 is 29.2 Å². The Morgan fingerprint density at radius 2 is 1.87 bits per heavy atom. The second-order valence-corrected chi connectivity index (χ2v) is 9.25. The number of aliphatic hydroxyl groups excluding tert-OH is 1. The van der Waals surface area contributed by atoms with E-state index in [1.165, 1.54) is 0 Å². The summed E-state index contributed by atoms with van der Waals surface area (Å²) in [6.45, 7) is 5.58. The van der Waals surface area contributed by atoms with Gasteiger partial charge in [-0.15, -0.1) is 0 Å². The molecule has 7 nitrogen and oxygen atoms in total. The first-order valence-corrected chi connectivity index (χ1v) is 13.0. The van der Waals surface area contributed by atoms with Crippen molar-refractivity contribution in [3.8, 4) is 28.4 Å². The Labute approximate surface area is 223 Å². The summed E-state index contributed by atoms with van der Waals surface area (Å²) >= 11 is 0. The molecule has 1 unspecified atom stereocenters. The van der Waals surface area contributed by atoms with E-state index in [9.17, 15) is 9.90 Å². The average molecular weight is 518 g/mol. The Morgan fingerprint density at radius 1 is 1.08 bits per heavy atom. The highest BCUT2D eigenvalue weighted by Crippen LogP contribution is 2.32. The largest absolute Gasteiger partial charge is 0.490 e. The quantitative estimate of drug-likeness (QED) is 0.304. The molecule has 7 heteroatoms. The van der Waals surface area contributed by atoms with Gasteiger partial charge in [-0.3, -0.25) is 0 Å². The Balaban J connectivity index is 1.25. The minimum absolute atomic E-state index is 0.0124. The molecule has 4 rings (SSSR count). The number of aromatic carboxylic acids is 1. The summed E-state index contributed by atoms with van der Waals surface area (Å²) in [4.78, 5) is 11.1. The number of benzene rings is 3. The lowest BCUT2D eigenvalue weighted by Gasteiger charge is -2.27. The van der Waals surface area contributed by atoms with Gasteiger partial charge in [-0.2, -0.15) is 0 Å². The number of hydrogen-bond acceptors (Lipinski definition) is 6. The van der Waals surface area contributed by atoms with Gasteiger partial charge in [-0.05, 0) is 85.3 Å². The van der Waals surface area contributed by atoms with Crippen LogP contribution in [0, 0.1) is 0 Å². The normalized spacial score (nSPS) is 15.5. The van der Waals surface area contributed by atoms with Crippen LogP contribution in [0.4, 0.5) is 0 Å². The van der Waals surface area contributed by atoms with Crippen LogP contribution in [0.1, 0.15) is 41.8 Å². The van der Waals surface area contributed by atoms with Crippen molar-refractivity contribution in [3.05, 3.63) is 83.4 Å². The van der Waals surface area contributed by atoms with Gasteiger partial charge in [0, 0.05) is 13.1 Å². The molecule has 3 aromatic carbocycles. The van der Waals surface area contributed by atoms with Crippen molar-refractivity contribution in [2.24, 2.45) is 0 Å². The molecule has 0 amide bonds. The molecule has 0 aromatic heterocycles. The van der Waals surface area contributed by atoms with Gasteiger partial charge in [0.25, 0.3) is 0 Å². The number of allylic oxidation sites excluding steroid dienone is 1. The predicted molar refractivity (Wildman–Crippen MR) is 148 cm³/mol. The zero-order valence-electron chi connectivity index (χ0n) is 21.9. The van der Waals surface area contributed by atoms with Gasteiger partial charge in [0.05, 0.1) is 12.2 Å². The van der Waals surface area contributed by atoms with E-state index in [1.54, 1.807) is 12.1 Å². The molecule has 0 saturated carbocycles. The summed E-state index contributed by atoms with van der Waals surface area (Å²) in [6.07, 6.45) is 5.03. The first-order chi connectivity index (χ1) is 18.5. The molecule has 1 aliphatic heterocycles. The molecule has 0 spiro atoms. The maximum Gasteiger partial charge on any atom is 0.335 e. The third kappa shape index (κ3) is 7.15. The number of ether oxygens (including phenoxy) is 3. The monoisotopic (exact) mass is 517 g/mol. The van der Waals surface area contributed by atoms with Crippen LogP contribution in [0.3, 0.4) is 0 Å². The summed E-state index contributed by atoms with van der Waals surface area (Å²) in [7, 11) is 0. The van der Waals surface area contributed by atoms with Gasteiger partial charge in [0.2, 0.25) is 0 Å². The van der Waals surface area contributed by atoms with E-state index in [4.69, 9.17) is 19.3 Å². The van der Waals surface area contributed by atoms with Gasteiger partial charge < -0.3 is 29.7 Å². The number of carbonyl (C=O) groups is 1. The third-order valence-electron chi connectivity index (χ3n) is 6.36. The molecule has 0 saturated heterocycles. The van der Waals surface area contributed by atoms with Gasteiger partial charge in [-0.1, -0.05) is 36.4 Å². The minimum Gasteiger partial charge on any atom is -0.490 e. The Kier molecular flexibility index (Phi) is 9.40. The van der Waals surface area contributed by atoms with Crippen molar-refractivity contribution in [1.82, 2.24) is 5.32 Å². The van der Waals surface area contributed by atoms with Crippen molar-refractivity contribution in [2.75, 3.05) is 26.3 Å². The number of rotatable bonds is 12. The SMILES string of the molecule is CC=Cc1ccc(OCC)c(OCC(O)CNC[C@H]2CCc3cc(-c4ccc(C(=O)O)cc4)ccc3O2)c1. The molecule has 0 fully saturated rings. The van der Waals surface area contributed by atoms with Crippen LogP contribution >= 0.6 is 0 Å². The number of carboxylic acid groups (broad SMARTS) is 1. The molecule has 2 atom stereocenters. The van der Waals surface area contributed by atoms with Crippen molar-refractivity contribution in [3.63, 3.8) is 0 Å². The van der Waals surface area contributed by atoms with Crippen molar-refractivity contribution in [1.29, 1.82) is 0 Å². The van der Waals surface area contributed by atoms with Gasteiger partial charge >= 0.3 is 5.97 Å². The second-order valence-electron chi connectivity index (χ2n) is 9.25. The number of aliphatic hydroxyl groups is 1. The minimum atomic E-state index is -0.930. The van der Waals surface area contributed by atoms with E-state index in [2.05, 4.69) is 11.4 Å². The highest BCUT2D eigenvalue weighted by atomic mass is 16.5. The Hall–Kier alpha value is -3.81. The first-order valence-electron chi connectivity index (χ1n) is 13.0. The third-order valence-corrected chi connectivity index (χ3v) is 6.36. The molecule has 38 heavy (non-hydrogen) atoms. The molecule has 0 bridgehead atoms. The van der Waals surface area contributed by atoms with Crippen LogP contribution < -0.4 is 19.5 Å². The number of aryl methyl sites for hydroxylation is 1. The van der Waals surface area contributed by atoms with E-state index in [0.29, 0.717) is 31.2 Å². The van der Waals surface area contributed by atoms with E-state index < -0.39 is 12.1 Å². The molecule has 0 aliphatic carbocycles. The zero-order chi connectivity index (χ0) is 26.9. The maximum atomic E-state index is 11.1. The fourth-order valence-electron chi connectivity index (χ4n) is 4.44. The maximum absolute atomic E-state index is 11.1. The number of hydrogen-bond donors (Lipinski definition) is 3. The van der Waals surface area contributed by atoms with Crippen LogP contribution in [-0.4, -0.2) is 54.7 Å². The van der Waals surface area contributed by atoms with Crippen molar-refractivity contribution >= 4 is 12.0 Å². The average Bonchev–Trinajstić information content (AvgIpc) is 2.93. The smallest absolute Gasteiger partial charge is 0.335 e. The molecule has 1 aliphatic rings. The Bertz CT molecular complexity index is 1250. The van der Waals surface area contributed by atoms with Gasteiger partial charge in [-0.25, -0.2) is 4.79 Å². The highest BCUT2D eigenvalue weighted by molar-refractivity contribution is 5.88. The highest BCUT2D eigenvalue weighted by Gasteiger charge is 2.20. The molecule has 3 N–H and O–H groups in total. The lowest BCUT2D eigenvalue weighted by atomic mass is 9.96. The predicted octanol–water partition coefficient (Wildman–Crippen LogP) is 5.21. The zero-order valence-corrected chi connectivity index (χ0v) is 21.9. The van der Waals surface area contributed by atoms with Gasteiger partial charge in [0.1, 0.15) is 24.6 Å². The lowest BCUT2D eigenvalue weighted by Crippen LogP contribution is -2.39. The molecule has 1 heterocycles. The molecular formula is C31H35NO6. The van der Waals surface area contributed by atoms with Crippen LogP contribution in [-0.2, 0) is 6.42 Å². The molecule has 200 valence electrons. The van der Waals surface area contributed by atoms with Gasteiger partial charge in [0.15, 0.2) is 11.5 Å². The summed E-state index contributed by atoms with van der Waals surface area (Å²) in [5, 5.41) is 22.9. The second kappa shape index (κ2) is 13.1. The summed E-state index contributed by atoms with van der Waals surface area (Å²) in [5.74, 6) is 1.21. The van der Waals surface area contributed by atoms with E-state index in [0.717, 1.165) is 40.8 Å². The standard InChI is InChI=1S/C31H35NO6/c1-3-5-21-6-14-29(36-4-2)30(16-21)37-20-26(33)18-32-19-27-13-11-25-17-24(12-15-28(25)38-27)22-7-9-23(10-8-22)31(34)35/h3,5-10,12,14-17,26-27,32-33H,4,11,13,18-20H2,1-2H3,(H,34,35)/t26?,27-/m1/s1. The topological polar surface area (TPSA) is 97.2 Å². The summed E-state index contributed by atoms with van der Waals surface area (Å²) in [5.41, 5.74) is 4.43. The van der Waals surface area contributed by atoms with E-state index >= 15 is 0 Å². The number of fused-ring (bicyclic) bond motifs is 1. The fraction of sp³-hybridized carbons (Fsp3) is 0.323. The number of nitrogens with one attached hydrogen (secondary N) is 1. The Morgan fingerprint density at radius 3 is 2.61 bits per heavy atom. The van der Waals surface area contributed by atoms with Crippen LogP contribution in [0.15, 0.2) is 66.7 Å². The molecule has 3 aromatic rings. The summed E-state index contributed by atoms with van der Waals surface area (Å²) < 4.78 is 17.7. The van der Waals surface area contributed by atoms with E-state index in [-0.39, 0.29) is 18.3 Å². The van der Waals surface area contributed by atoms with Crippen LogP contribution in [0.2, 0.25) is 0 Å².